The highest BCUT2D eigenvalue weighted by molar-refractivity contribution is 7.99. The molecule has 2 aliphatic rings. The van der Waals surface area contributed by atoms with Gasteiger partial charge in [-0.25, -0.2) is 9.78 Å². The van der Waals surface area contributed by atoms with Gasteiger partial charge in [-0.05, 0) is 31.6 Å². The molecule has 0 atom stereocenters. The van der Waals surface area contributed by atoms with Gasteiger partial charge in [-0.15, -0.1) is 0 Å². The molecule has 24 heavy (non-hydrogen) atoms. The maximum Gasteiger partial charge on any atom is 0.344 e. The lowest BCUT2D eigenvalue weighted by Gasteiger charge is -2.33. The van der Waals surface area contributed by atoms with Gasteiger partial charge in [-0.3, -0.25) is 15.0 Å². The fraction of sp³-hybridized carbons (Fsp3) is 0.600. The van der Waals surface area contributed by atoms with E-state index in [1.807, 2.05) is 7.05 Å². The van der Waals surface area contributed by atoms with Crippen LogP contribution in [0.5, 0.6) is 0 Å². The van der Waals surface area contributed by atoms with E-state index in [0.29, 0.717) is 23.9 Å². The largest absolute Gasteiger partial charge is 0.344 e. The molecule has 1 aromatic rings. The Hall–Kier alpha value is -2.03. The Kier molecular flexibility index (Phi) is 4.53. The lowest BCUT2D eigenvalue weighted by atomic mass is 9.77. The Morgan fingerprint density at radius 2 is 2.17 bits per heavy atom. The fourth-order valence-electron chi connectivity index (χ4n) is 3.09. The zero-order chi connectivity index (χ0) is 17.3. The van der Waals surface area contributed by atoms with E-state index in [2.05, 4.69) is 22.7 Å². The van der Waals surface area contributed by atoms with Crippen molar-refractivity contribution in [2.24, 2.45) is 13.0 Å². The Labute approximate surface area is 144 Å². The topological polar surface area (TPSA) is 96.3 Å². The van der Waals surface area contributed by atoms with E-state index in [1.165, 1.54) is 11.8 Å². The quantitative estimate of drug-likeness (QED) is 0.624. The Morgan fingerprint density at radius 3 is 2.79 bits per heavy atom. The summed E-state index contributed by atoms with van der Waals surface area (Å²) in [5, 5.41) is 4.30. The van der Waals surface area contributed by atoms with Gasteiger partial charge in [0.1, 0.15) is 5.54 Å². The summed E-state index contributed by atoms with van der Waals surface area (Å²) in [4.78, 5) is 40.9. The lowest BCUT2D eigenvalue weighted by Crippen LogP contribution is -2.51. The minimum absolute atomic E-state index is 0.0753. The van der Waals surface area contributed by atoms with Gasteiger partial charge in [0.05, 0.1) is 5.75 Å². The number of carbonyl (C=O) groups excluding carboxylic acids is 3. The van der Waals surface area contributed by atoms with E-state index in [-0.39, 0.29) is 11.7 Å². The first-order valence-electron chi connectivity index (χ1n) is 7.97. The number of aromatic nitrogens is 2. The molecular formula is C15H21N5O3S. The first-order chi connectivity index (χ1) is 11.4. The molecular weight excluding hydrogens is 330 g/mol. The molecule has 0 aromatic carbocycles. The molecule has 0 radical (unpaired) electrons. The van der Waals surface area contributed by atoms with Crippen molar-refractivity contribution in [1.82, 2.24) is 25.3 Å². The lowest BCUT2D eigenvalue weighted by molar-refractivity contribution is -0.139. The number of carbonyl (C=O) groups is 3. The second-order valence-electron chi connectivity index (χ2n) is 6.48. The van der Waals surface area contributed by atoms with E-state index in [0.717, 1.165) is 17.9 Å². The average molecular weight is 351 g/mol. The Bertz CT molecular complexity index is 666. The van der Waals surface area contributed by atoms with Crippen LogP contribution in [0, 0.1) is 5.92 Å². The summed E-state index contributed by atoms with van der Waals surface area (Å²) in [6, 6.07) is -0.551. The third-order valence-electron chi connectivity index (χ3n) is 4.64. The summed E-state index contributed by atoms with van der Waals surface area (Å²) in [5.41, 5.74) is 1.57. The molecule has 1 aromatic heterocycles. The van der Waals surface area contributed by atoms with Crippen molar-refractivity contribution in [3.8, 4) is 0 Å². The highest BCUT2D eigenvalue weighted by Gasteiger charge is 2.52. The van der Waals surface area contributed by atoms with Crippen LogP contribution in [0.1, 0.15) is 32.6 Å². The summed E-state index contributed by atoms with van der Waals surface area (Å²) in [5.74, 6) is -0.132. The molecule has 1 aliphatic carbocycles. The second kappa shape index (κ2) is 6.46. The van der Waals surface area contributed by atoms with Crippen molar-refractivity contribution < 1.29 is 14.4 Å². The van der Waals surface area contributed by atoms with Gasteiger partial charge >= 0.3 is 6.03 Å². The molecule has 1 saturated heterocycles. The Morgan fingerprint density at radius 1 is 1.46 bits per heavy atom. The fourth-order valence-corrected chi connectivity index (χ4v) is 3.82. The van der Waals surface area contributed by atoms with Crippen molar-refractivity contribution in [1.29, 1.82) is 0 Å². The van der Waals surface area contributed by atoms with Crippen LogP contribution in [0.3, 0.4) is 0 Å². The van der Waals surface area contributed by atoms with Crippen LogP contribution in [-0.4, -0.2) is 43.7 Å². The van der Waals surface area contributed by atoms with Crippen molar-refractivity contribution in [3.05, 3.63) is 12.4 Å². The summed E-state index contributed by atoms with van der Waals surface area (Å²) >= 11 is 1.25. The van der Waals surface area contributed by atoms with Gasteiger partial charge in [-0.1, -0.05) is 18.7 Å². The molecule has 2 heterocycles. The van der Waals surface area contributed by atoms with Crippen molar-refractivity contribution >= 4 is 29.6 Å². The Balaban J connectivity index is 1.58. The van der Waals surface area contributed by atoms with E-state index in [4.69, 9.17) is 0 Å². The maximum atomic E-state index is 12.6. The van der Waals surface area contributed by atoms with Crippen LogP contribution in [-0.2, 0) is 16.6 Å². The number of hydrogen-bond donors (Lipinski definition) is 2. The zero-order valence-electron chi connectivity index (χ0n) is 13.7. The third-order valence-corrected chi connectivity index (χ3v) is 5.69. The summed E-state index contributed by atoms with van der Waals surface area (Å²) < 4.78 is 1.80. The van der Waals surface area contributed by atoms with Crippen molar-refractivity contribution in [3.63, 3.8) is 0 Å². The van der Waals surface area contributed by atoms with Crippen molar-refractivity contribution in [2.75, 3.05) is 5.75 Å². The maximum absolute atomic E-state index is 12.6. The van der Waals surface area contributed by atoms with Gasteiger partial charge in [0, 0.05) is 19.4 Å². The molecule has 3 rings (SSSR count). The third kappa shape index (κ3) is 3.12. The highest BCUT2D eigenvalue weighted by Crippen LogP contribution is 2.35. The molecule has 4 amide bonds. The van der Waals surface area contributed by atoms with Crippen LogP contribution in [0.25, 0.3) is 0 Å². The second-order valence-corrected chi connectivity index (χ2v) is 7.42. The number of nitrogens with one attached hydrogen (secondary N) is 2. The van der Waals surface area contributed by atoms with Crippen LogP contribution < -0.4 is 10.7 Å². The van der Waals surface area contributed by atoms with Crippen LogP contribution in [0.2, 0.25) is 0 Å². The van der Waals surface area contributed by atoms with Crippen LogP contribution in [0.15, 0.2) is 17.6 Å². The minimum Gasteiger partial charge on any atom is -0.329 e. The summed E-state index contributed by atoms with van der Waals surface area (Å²) in [6.45, 7) is 2.14. The number of rotatable bonds is 4. The number of imidazole rings is 1. The van der Waals surface area contributed by atoms with E-state index < -0.39 is 17.5 Å². The van der Waals surface area contributed by atoms with Crippen LogP contribution >= 0.6 is 11.8 Å². The van der Waals surface area contributed by atoms with Crippen LogP contribution in [0.4, 0.5) is 4.79 Å². The van der Waals surface area contributed by atoms with E-state index in [1.54, 1.807) is 17.0 Å². The molecule has 2 N–H and O–H groups in total. The molecule has 1 aliphatic heterocycles. The number of hydrogen-bond acceptors (Lipinski definition) is 5. The van der Waals surface area contributed by atoms with Gasteiger partial charge in [0.15, 0.2) is 5.16 Å². The van der Waals surface area contributed by atoms with E-state index >= 15 is 0 Å². The normalized spacial score (nSPS) is 26.8. The molecule has 1 spiro atoms. The predicted molar refractivity (Wildman–Crippen MR) is 87.8 cm³/mol. The predicted octanol–water partition coefficient (Wildman–Crippen LogP) is 1.04. The molecule has 2 fully saturated rings. The van der Waals surface area contributed by atoms with Gasteiger partial charge < -0.3 is 9.88 Å². The molecule has 130 valence electrons. The number of hydrazine groups is 1. The average Bonchev–Trinajstić information content (AvgIpc) is 3.05. The number of urea groups is 1. The zero-order valence-corrected chi connectivity index (χ0v) is 14.6. The summed E-state index contributed by atoms with van der Waals surface area (Å²) in [6.07, 6.45) is 6.45. The standard InChI is InChI=1S/C15H21N5O3S/c1-10-3-5-15(6-4-10)12(22)20(13(23)17-15)18-11(21)9-24-14-16-7-8-19(14)2/h7-8,10H,3-6,9H2,1-2H3,(H,17,23)(H,18,21). The van der Waals surface area contributed by atoms with Gasteiger partial charge in [0.25, 0.3) is 5.91 Å². The molecule has 0 unspecified atom stereocenters. The van der Waals surface area contributed by atoms with Gasteiger partial charge in [0.2, 0.25) is 5.91 Å². The number of imide groups is 1. The van der Waals surface area contributed by atoms with Gasteiger partial charge in [-0.2, -0.15) is 5.01 Å². The molecule has 8 nitrogen and oxygen atoms in total. The number of thioether (sulfide) groups is 1. The monoisotopic (exact) mass is 351 g/mol. The minimum atomic E-state index is -0.844. The smallest absolute Gasteiger partial charge is 0.329 e. The summed E-state index contributed by atoms with van der Waals surface area (Å²) in [7, 11) is 1.83. The molecule has 9 heteroatoms. The molecule has 1 saturated carbocycles. The number of amides is 4. The number of nitrogens with zero attached hydrogens (tertiary/aromatic N) is 3. The first-order valence-corrected chi connectivity index (χ1v) is 8.96. The SMILES string of the molecule is CC1CCC2(CC1)NC(=O)N(NC(=O)CSc1nccn1C)C2=O. The number of aryl methyl sites for hydroxylation is 1. The first kappa shape index (κ1) is 16.8. The van der Waals surface area contributed by atoms with Crippen molar-refractivity contribution in [2.45, 2.75) is 43.3 Å². The molecule has 0 bridgehead atoms. The highest BCUT2D eigenvalue weighted by atomic mass is 32.2. The van der Waals surface area contributed by atoms with E-state index in [9.17, 15) is 14.4 Å².